The molecule has 5 heteroatoms. The van der Waals surface area contributed by atoms with Crippen LogP contribution in [0.3, 0.4) is 0 Å². The topological polar surface area (TPSA) is 59.0 Å². The molecular formula is C16H28N4O. The molecule has 0 bridgehead atoms. The maximum absolute atomic E-state index is 11.8. The van der Waals surface area contributed by atoms with Gasteiger partial charge in [0.25, 0.3) is 0 Å². The van der Waals surface area contributed by atoms with E-state index in [0.717, 1.165) is 51.3 Å². The summed E-state index contributed by atoms with van der Waals surface area (Å²) in [5.41, 5.74) is 2.50. The van der Waals surface area contributed by atoms with Gasteiger partial charge in [0.15, 0.2) is 0 Å². The molecule has 0 saturated heterocycles. The first-order valence-electron chi connectivity index (χ1n) is 8.16. The predicted molar refractivity (Wildman–Crippen MR) is 84.1 cm³/mol. The van der Waals surface area contributed by atoms with Crippen molar-refractivity contribution >= 4 is 5.91 Å². The van der Waals surface area contributed by atoms with Crippen LogP contribution in [0.5, 0.6) is 0 Å². The van der Waals surface area contributed by atoms with Gasteiger partial charge in [-0.05, 0) is 12.3 Å². The van der Waals surface area contributed by atoms with Gasteiger partial charge in [-0.2, -0.15) is 0 Å². The number of nitrogens with zero attached hydrogens (tertiary/aromatic N) is 2. The van der Waals surface area contributed by atoms with Gasteiger partial charge in [0.2, 0.25) is 5.91 Å². The standard InChI is InChI=1S/C16H28N4O/c1-4-7-18-16(21)6-9-20-14-5-8-17-11-13(14)19-15(20)10-12(2)3/h12,17H,4-11H2,1-3H3,(H,18,21). The van der Waals surface area contributed by atoms with Crippen molar-refractivity contribution in [2.75, 3.05) is 13.1 Å². The molecule has 0 aliphatic carbocycles. The summed E-state index contributed by atoms with van der Waals surface area (Å²) in [4.78, 5) is 16.6. The number of aromatic nitrogens is 2. The number of amides is 1. The average Bonchev–Trinajstić information content (AvgIpc) is 2.79. The first-order chi connectivity index (χ1) is 10.1. The van der Waals surface area contributed by atoms with Crippen molar-refractivity contribution in [3.63, 3.8) is 0 Å². The molecule has 0 saturated carbocycles. The van der Waals surface area contributed by atoms with E-state index in [2.05, 4.69) is 36.0 Å². The van der Waals surface area contributed by atoms with Crippen LogP contribution >= 0.6 is 0 Å². The normalized spacial score (nSPS) is 14.3. The number of carbonyl (C=O) groups is 1. The molecule has 1 aromatic heterocycles. The average molecular weight is 292 g/mol. The monoisotopic (exact) mass is 292 g/mol. The lowest BCUT2D eigenvalue weighted by Gasteiger charge is -2.16. The maximum Gasteiger partial charge on any atom is 0.221 e. The molecule has 2 rings (SSSR count). The van der Waals surface area contributed by atoms with Crippen molar-refractivity contribution < 1.29 is 4.79 Å². The first-order valence-corrected chi connectivity index (χ1v) is 8.16. The van der Waals surface area contributed by atoms with Crippen LogP contribution in [0.1, 0.15) is 50.8 Å². The Morgan fingerprint density at radius 1 is 1.48 bits per heavy atom. The zero-order chi connectivity index (χ0) is 15.2. The largest absolute Gasteiger partial charge is 0.356 e. The molecule has 0 spiro atoms. The summed E-state index contributed by atoms with van der Waals surface area (Å²) < 4.78 is 2.29. The van der Waals surface area contributed by atoms with Crippen LogP contribution in [0.15, 0.2) is 0 Å². The minimum Gasteiger partial charge on any atom is -0.356 e. The zero-order valence-corrected chi connectivity index (χ0v) is 13.5. The third kappa shape index (κ3) is 4.30. The van der Waals surface area contributed by atoms with Crippen LogP contribution < -0.4 is 10.6 Å². The first kappa shape index (κ1) is 16.0. The van der Waals surface area contributed by atoms with E-state index in [0.29, 0.717) is 12.3 Å². The van der Waals surface area contributed by atoms with Crippen molar-refractivity contribution in [1.82, 2.24) is 20.2 Å². The minimum absolute atomic E-state index is 0.142. The van der Waals surface area contributed by atoms with Gasteiger partial charge in [0.05, 0.1) is 5.69 Å². The third-order valence-electron chi connectivity index (χ3n) is 3.79. The SMILES string of the molecule is CCCNC(=O)CCn1c(CC(C)C)nc2c1CCNC2. The van der Waals surface area contributed by atoms with Gasteiger partial charge in [-0.1, -0.05) is 20.8 Å². The Bertz CT molecular complexity index is 479. The number of hydrogen-bond donors (Lipinski definition) is 2. The van der Waals surface area contributed by atoms with E-state index in [-0.39, 0.29) is 5.91 Å². The molecule has 2 N–H and O–H groups in total. The van der Waals surface area contributed by atoms with Crippen LogP contribution in [0, 0.1) is 5.92 Å². The van der Waals surface area contributed by atoms with Crippen molar-refractivity contribution in [3.8, 4) is 0 Å². The summed E-state index contributed by atoms with van der Waals surface area (Å²) in [6.45, 7) is 9.87. The molecule has 0 aromatic carbocycles. The van der Waals surface area contributed by atoms with Crippen LogP contribution in [0.2, 0.25) is 0 Å². The number of carbonyl (C=O) groups excluding carboxylic acids is 1. The fourth-order valence-corrected chi connectivity index (χ4v) is 2.78. The quantitative estimate of drug-likeness (QED) is 0.803. The number of imidazole rings is 1. The number of nitrogens with one attached hydrogen (secondary N) is 2. The lowest BCUT2D eigenvalue weighted by molar-refractivity contribution is -0.121. The summed E-state index contributed by atoms with van der Waals surface area (Å²) >= 11 is 0. The Balaban J connectivity index is 2.08. The van der Waals surface area contributed by atoms with E-state index in [1.165, 1.54) is 11.4 Å². The van der Waals surface area contributed by atoms with Crippen molar-refractivity contribution in [1.29, 1.82) is 0 Å². The van der Waals surface area contributed by atoms with E-state index in [1.807, 2.05) is 0 Å². The van der Waals surface area contributed by atoms with E-state index >= 15 is 0 Å². The maximum atomic E-state index is 11.8. The van der Waals surface area contributed by atoms with Gasteiger partial charge >= 0.3 is 0 Å². The third-order valence-corrected chi connectivity index (χ3v) is 3.79. The van der Waals surface area contributed by atoms with Crippen LogP contribution in [-0.4, -0.2) is 28.5 Å². The van der Waals surface area contributed by atoms with Gasteiger partial charge in [-0.3, -0.25) is 4.79 Å². The Hall–Kier alpha value is -1.36. The van der Waals surface area contributed by atoms with Gasteiger partial charge in [0, 0.05) is 51.1 Å². The minimum atomic E-state index is 0.142. The number of hydrogen-bond acceptors (Lipinski definition) is 3. The van der Waals surface area contributed by atoms with Crippen LogP contribution in [0.4, 0.5) is 0 Å². The highest BCUT2D eigenvalue weighted by molar-refractivity contribution is 5.75. The van der Waals surface area contributed by atoms with Gasteiger partial charge in [-0.25, -0.2) is 4.98 Å². The molecule has 0 radical (unpaired) electrons. The van der Waals surface area contributed by atoms with Crippen molar-refractivity contribution in [3.05, 3.63) is 17.2 Å². The molecule has 1 aliphatic heterocycles. The second-order valence-corrected chi connectivity index (χ2v) is 6.20. The Morgan fingerprint density at radius 2 is 2.29 bits per heavy atom. The van der Waals surface area contributed by atoms with Gasteiger partial charge in [0.1, 0.15) is 5.82 Å². The molecule has 21 heavy (non-hydrogen) atoms. The summed E-state index contributed by atoms with van der Waals surface area (Å²) in [6.07, 6.45) is 3.51. The lowest BCUT2D eigenvalue weighted by atomic mass is 10.1. The Labute approximate surface area is 127 Å². The predicted octanol–water partition coefficient (Wildman–Crippen LogP) is 1.64. The van der Waals surface area contributed by atoms with Crippen LogP contribution in [0.25, 0.3) is 0 Å². The molecule has 2 heterocycles. The van der Waals surface area contributed by atoms with E-state index in [1.54, 1.807) is 0 Å². The second-order valence-electron chi connectivity index (χ2n) is 6.20. The van der Waals surface area contributed by atoms with E-state index < -0.39 is 0 Å². The molecule has 0 fully saturated rings. The van der Waals surface area contributed by atoms with Gasteiger partial charge < -0.3 is 15.2 Å². The number of rotatable bonds is 7. The van der Waals surface area contributed by atoms with Crippen molar-refractivity contribution in [2.24, 2.45) is 5.92 Å². The lowest BCUT2D eigenvalue weighted by Crippen LogP contribution is -2.27. The highest BCUT2D eigenvalue weighted by atomic mass is 16.1. The Morgan fingerprint density at radius 3 is 3.00 bits per heavy atom. The molecule has 5 nitrogen and oxygen atoms in total. The van der Waals surface area contributed by atoms with E-state index in [9.17, 15) is 4.79 Å². The highest BCUT2D eigenvalue weighted by Gasteiger charge is 2.20. The molecule has 1 aliphatic rings. The van der Waals surface area contributed by atoms with Gasteiger partial charge in [-0.15, -0.1) is 0 Å². The van der Waals surface area contributed by atoms with E-state index in [4.69, 9.17) is 4.98 Å². The fourth-order valence-electron chi connectivity index (χ4n) is 2.78. The zero-order valence-electron chi connectivity index (χ0n) is 13.5. The summed E-state index contributed by atoms with van der Waals surface area (Å²) in [5.74, 6) is 1.86. The number of fused-ring (bicyclic) bond motifs is 1. The fraction of sp³-hybridized carbons (Fsp3) is 0.750. The molecule has 118 valence electrons. The summed E-state index contributed by atoms with van der Waals surface area (Å²) in [6, 6.07) is 0. The second kappa shape index (κ2) is 7.59. The molecule has 0 atom stereocenters. The highest BCUT2D eigenvalue weighted by Crippen LogP contribution is 2.19. The van der Waals surface area contributed by atoms with Crippen LogP contribution in [-0.2, 0) is 30.7 Å². The molecule has 1 aromatic rings. The molecular weight excluding hydrogens is 264 g/mol. The molecule has 0 unspecified atom stereocenters. The Kier molecular flexibility index (Phi) is 5.79. The summed E-state index contributed by atoms with van der Waals surface area (Å²) in [5, 5.41) is 6.32. The summed E-state index contributed by atoms with van der Waals surface area (Å²) in [7, 11) is 0. The molecule has 1 amide bonds. The van der Waals surface area contributed by atoms with Crippen molar-refractivity contribution in [2.45, 2.75) is 59.5 Å². The smallest absolute Gasteiger partial charge is 0.221 e.